The molecular formula is C13H18OS. The third-order valence-electron chi connectivity index (χ3n) is 2.98. The molecule has 0 amide bonds. The van der Waals surface area contributed by atoms with Crippen molar-refractivity contribution in [2.45, 2.75) is 45.1 Å². The van der Waals surface area contributed by atoms with Crippen LogP contribution in [0.25, 0.3) is 0 Å². The monoisotopic (exact) mass is 222 g/mol. The lowest BCUT2D eigenvalue weighted by molar-refractivity contribution is 0.212. The number of rotatable bonds is 3. The number of aryl methyl sites for hydroxylation is 1. The zero-order chi connectivity index (χ0) is 10.7. The van der Waals surface area contributed by atoms with Crippen molar-refractivity contribution < 1.29 is 5.11 Å². The van der Waals surface area contributed by atoms with Gasteiger partial charge in [-0.15, -0.1) is 11.3 Å². The molecule has 15 heavy (non-hydrogen) atoms. The molecule has 2 heteroatoms. The number of hydrogen-bond donors (Lipinski definition) is 1. The highest BCUT2D eigenvalue weighted by Gasteiger charge is 2.16. The summed E-state index contributed by atoms with van der Waals surface area (Å²) in [6, 6.07) is 4.20. The molecule has 1 heterocycles. The summed E-state index contributed by atoms with van der Waals surface area (Å²) in [4.78, 5) is 2.47. The molecule has 82 valence electrons. The Morgan fingerprint density at radius 1 is 1.40 bits per heavy atom. The highest BCUT2D eigenvalue weighted by molar-refractivity contribution is 7.12. The molecule has 2 rings (SSSR count). The van der Waals surface area contributed by atoms with Crippen LogP contribution < -0.4 is 0 Å². The SMILES string of the molecule is CCc1ccc(C(O)C2=CCCCC2)s1. The molecule has 0 saturated carbocycles. The van der Waals surface area contributed by atoms with Crippen LogP contribution in [0.1, 0.15) is 48.5 Å². The normalized spacial score (nSPS) is 18.7. The topological polar surface area (TPSA) is 20.2 Å². The summed E-state index contributed by atoms with van der Waals surface area (Å²) < 4.78 is 0. The number of allylic oxidation sites excluding steroid dienone is 1. The van der Waals surface area contributed by atoms with Gasteiger partial charge in [0.15, 0.2) is 0 Å². The average molecular weight is 222 g/mol. The molecular weight excluding hydrogens is 204 g/mol. The third kappa shape index (κ3) is 2.50. The van der Waals surface area contributed by atoms with Gasteiger partial charge in [-0.1, -0.05) is 13.0 Å². The molecule has 1 aromatic heterocycles. The predicted octanol–water partition coefficient (Wildman–Crippen LogP) is 3.84. The summed E-state index contributed by atoms with van der Waals surface area (Å²) in [5.74, 6) is 0. The fraction of sp³-hybridized carbons (Fsp3) is 0.538. The second kappa shape index (κ2) is 4.95. The van der Waals surface area contributed by atoms with Gasteiger partial charge in [0.25, 0.3) is 0 Å². The maximum absolute atomic E-state index is 10.2. The van der Waals surface area contributed by atoms with E-state index >= 15 is 0 Å². The van der Waals surface area contributed by atoms with E-state index in [4.69, 9.17) is 0 Å². The first-order valence-corrected chi connectivity index (χ1v) is 6.58. The van der Waals surface area contributed by atoms with Crippen molar-refractivity contribution in [1.82, 2.24) is 0 Å². The Bertz CT molecular complexity index is 351. The molecule has 0 bridgehead atoms. The fourth-order valence-corrected chi connectivity index (χ4v) is 3.01. The lowest BCUT2D eigenvalue weighted by Gasteiger charge is -2.17. The molecule has 0 radical (unpaired) electrons. The van der Waals surface area contributed by atoms with Crippen molar-refractivity contribution in [3.8, 4) is 0 Å². The lowest BCUT2D eigenvalue weighted by atomic mass is 9.95. The van der Waals surface area contributed by atoms with E-state index in [1.807, 2.05) is 0 Å². The van der Waals surface area contributed by atoms with Gasteiger partial charge in [0.1, 0.15) is 6.10 Å². The number of hydrogen-bond acceptors (Lipinski definition) is 2. The summed E-state index contributed by atoms with van der Waals surface area (Å²) in [6.07, 6.45) is 7.67. The van der Waals surface area contributed by atoms with Crippen LogP contribution in [0.5, 0.6) is 0 Å². The van der Waals surface area contributed by atoms with Crippen molar-refractivity contribution >= 4 is 11.3 Å². The third-order valence-corrected chi connectivity index (χ3v) is 4.26. The van der Waals surface area contributed by atoms with Crippen LogP contribution in [0.3, 0.4) is 0 Å². The van der Waals surface area contributed by atoms with Crippen LogP contribution in [0.4, 0.5) is 0 Å². The molecule has 1 unspecified atom stereocenters. The summed E-state index contributed by atoms with van der Waals surface area (Å²) in [5, 5.41) is 10.2. The molecule has 0 aromatic carbocycles. The largest absolute Gasteiger partial charge is 0.383 e. The fourth-order valence-electron chi connectivity index (χ4n) is 2.03. The van der Waals surface area contributed by atoms with E-state index in [2.05, 4.69) is 25.1 Å². The Kier molecular flexibility index (Phi) is 3.60. The molecule has 1 N–H and O–H groups in total. The number of thiophene rings is 1. The van der Waals surface area contributed by atoms with Crippen molar-refractivity contribution in [3.63, 3.8) is 0 Å². The van der Waals surface area contributed by atoms with E-state index < -0.39 is 0 Å². The Hall–Kier alpha value is -0.600. The average Bonchev–Trinajstić information content (AvgIpc) is 2.78. The van der Waals surface area contributed by atoms with Gasteiger partial charge in [0.05, 0.1) is 0 Å². The van der Waals surface area contributed by atoms with Crippen molar-refractivity contribution in [2.24, 2.45) is 0 Å². The summed E-state index contributed by atoms with van der Waals surface area (Å²) in [7, 11) is 0. The molecule has 1 aromatic rings. The molecule has 1 aliphatic carbocycles. The van der Waals surface area contributed by atoms with Crippen molar-refractivity contribution in [3.05, 3.63) is 33.5 Å². The first kappa shape index (κ1) is 10.9. The highest BCUT2D eigenvalue weighted by atomic mass is 32.1. The second-order valence-corrected chi connectivity index (χ2v) is 5.28. The van der Waals surface area contributed by atoms with Crippen molar-refractivity contribution in [1.29, 1.82) is 0 Å². The zero-order valence-electron chi connectivity index (χ0n) is 9.20. The minimum absolute atomic E-state index is 0.337. The maximum Gasteiger partial charge on any atom is 0.109 e. The standard InChI is InChI=1S/C13H18OS/c1-2-11-8-9-12(15-11)13(14)10-6-4-3-5-7-10/h6,8-9,13-14H,2-5,7H2,1H3. The Labute approximate surface area is 95.5 Å². The van der Waals surface area contributed by atoms with Crippen LogP contribution in [0, 0.1) is 0 Å². The predicted molar refractivity (Wildman–Crippen MR) is 65.2 cm³/mol. The summed E-state index contributed by atoms with van der Waals surface area (Å²) in [5.41, 5.74) is 1.23. The quantitative estimate of drug-likeness (QED) is 0.770. The number of aliphatic hydroxyl groups is 1. The summed E-state index contributed by atoms with van der Waals surface area (Å²) >= 11 is 1.74. The van der Waals surface area contributed by atoms with E-state index in [0.717, 1.165) is 24.1 Å². The van der Waals surface area contributed by atoms with Crippen LogP contribution in [0.2, 0.25) is 0 Å². The smallest absolute Gasteiger partial charge is 0.109 e. The van der Waals surface area contributed by atoms with E-state index in [1.54, 1.807) is 11.3 Å². The first-order valence-electron chi connectivity index (χ1n) is 5.77. The van der Waals surface area contributed by atoms with Gasteiger partial charge in [-0.05, 0) is 49.8 Å². The minimum Gasteiger partial charge on any atom is -0.383 e. The Morgan fingerprint density at radius 2 is 2.27 bits per heavy atom. The van der Waals surface area contributed by atoms with E-state index in [9.17, 15) is 5.11 Å². The van der Waals surface area contributed by atoms with E-state index in [0.29, 0.717) is 0 Å². The Morgan fingerprint density at radius 3 is 2.87 bits per heavy atom. The van der Waals surface area contributed by atoms with E-state index in [1.165, 1.54) is 23.3 Å². The molecule has 0 saturated heterocycles. The molecule has 1 nitrogen and oxygen atoms in total. The van der Waals surface area contributed by atoms with E-state index in [-0.39, 0.29) is 6.10 Å². The van der Waals surface area contributed by atoms with Crippen LogP contribution in [-0.2, 0) is 6.42 Å². The Balaban J connectivity index is 2.12. The van der Waals surface area contributed by atoms with Gasteiger partial charge in [-0.3, -0.25) is 0 Å². The van der Waals surface area contributed by atoms with Crippen molar-refractivity contribution in [2.75, 3.05) is 0 Å². The highest BCUT2D eigenvalue weighted by Crippen LogP contribution is 2.33. The molecule has 0 spiro atoms. The first-order chi connectivity index (χ1) is 7.31. The van der Waals surface area contributed by atoms with Gasteiger partial charge in [-0.2, -0.15) is 0 Å². The summed E-state index contributed by atoms with van der Waals surface area (Å²) in [6.45, 7) is 2.15. The van der Waals surface area contributed by atoms with Gasteiger partial charge >= 0.3 is 0 Å². The van der Waals surface area contributed by atoms with Crippen LogP contribution in [0.15, 0.2) is 23.8 Å². The van der Waals surface area contributed by atoms with Gasteiger partial charge in [0, 0.05) is 9.75 Å². The number of aliphatic hydroxyl groups excluding tert-OH is 1. The second-order valence-electron chi connectivity index (χ2n) is 4.08. The van der Waals surface area contributed by atoms with Gasteiger partial charge in [0.2, 0.25) is 0 Å². The van der Waals surface area contributed by atoms with Gasteiger partial charge in [-0.25, -0.2) is 0 Å². The molecule has 1 atom stereocenters. The zero-order valence-corrected chi connectivity index (χ0v) is 10.0. The van der Waals surface area contributed by atoms with Crippen LogP contribution in [-0.4, -0.2) is 5.11 Å². The lowest BCUT2D eigenvalue weighted by Crippen LogP contribution is -2.02. The maximum atomic E-state index is 10.2. The molecule has 1 aliphatic rings. The molecule has 0 fully saturated rings. The van der Waals surface area contributed by atoms with Crippen LogP contribution >= 0.6 is 11.3 Å². The van der Waals surface area contributed by atoms with Gasteiger partial charge < -0.3 is 5.11 Å². The minimum atomic E-state index is -0.337. The molecule has 0 aliphatic heterocycles.